The van der Waals surface area contributed by atoms with Gasteiger partial charge in [-0.2, -0.15) is 0 Å². The Balaban J connectivity index is 2.96. The van der Waals surface area contributed by atoms with Crippen molar-refractivity contribution in [2.45, 2.75) is 0 Å². The zero-order valence-corrected chi connectivity index (χ0v) is 12.1. The molecule has 0 aliphatic carbocycles. The van der Waals surface area contributed by atoms with Crippen LogP contribution in [0.3, 0.4) is 0 Å². The number of methoxy groups -OCH3 is 2. The van der Waals surface area contributed by atoms with Gasteiger partial charge in [-0.25, -0.2) is 0 Å². The van der Waals surface area contributed by atoms with E-state index in [1.165, 1.54) is 24.9 Å². The lowest BCUT2D eigenvalue weighted by Gasteiger charge is -2.20. The lowest BCUT2D eigenvalue weighted by molar-refractivity contribution is -0.144. The number of esters is 2. The van der Waals surface area contributed by atoms with Gasteiger partial charge in [-0.1, -0.05) is 11.6 Å². The molecule has 0 saturated carbocycles. The van der Waals surface area contributed by atoms with Crippen molar-refractivity contribution in [3.8, 4) is 0 Å². The molecule has 0 spiro atoms. The first-order valence-corrected chi connectivity index (χ1v) is 6.01. The largest absolute Gasteiger partial charge is 0.468 e. The Labute approximate surface area is 121 Å². The third-order valence-corrected chi connectivity index (χ3v) is 2.78. The van der Waals surface area contributed by atoms with E-state index in [2.05, 4.69) is 9.47 Å². The van der Waals surface area contributed by atoms with E-state index >= 15 is 0 Å². The highest BCUT2D eigenvalue weighted by molar-refractivity contribution is 6.31. The molecule has 1 aromatic rings. The molecular formula is C12H15ClN2O5. The molecule has 0 unspecified atom stereocenters. The standard InChI is InChI=1S/C12H15ClN2O5/c1-14-5-8(13)4-9(14)12(18)15(6-10(16)19-2)7-11(17)20-3/h4-5H,6-7H2,1-3H3. The Bertz CT molecular complexity index is 508. The van der Waals surface area contributed by atoms with Crippen LogP contribution in [0.2, 0.25) is 5.02 Å². The molecule has 8 heteroatoms. The minimum Gasteiger partial charge on any atom is -0.468 e. The van der Waals surface area contributed by atoms with Crippen LogP contribution < -0.4 is 0 Å². The average molecular weight is 303 g/mol. The quantitative estimate of drug-likeness (QED) is 0.739. The highest BCUT2D eigenvalue weighted by Crippen LogP contribution is 2.14. The molecule has 0 aliphatic rings. The van der Waals surface area contributed by atoms with Crippen molar-refractivity contribution in [2.75, 3.05) is 27.3 Å². The molecular weight excluding hydrogens is 288 g/mol. The van der Waals surface area contributed by atoms with Crippen molar-refractivity contribution in [3.05, 3.63) is 23.0 Å². The van der Waals surface area contributed by atoms with Crippen LogP contribution in [0.25, 0.3) is 0 Å². The zero-order chi connectivity index (χ0) is 15.3. The summed E-state index contributed by atoms with van der Waals surface area (Å²) in [5, 5.41) is 0.381. The highest BCUT2D eigenvalue weighted by atomic mass is 35.5. The van der Waals surface area contributed by atoms with Gasteiger partial charge in [0.05, 0.1) is 19.2 Å². The van der Waals surface area contributed by atoms with Crippen molar-refractivity contribution >= 4 is 29.4 Å². The molecule has 0 saturated heterocycles. The summed E-state index contributed by atoms with van der Waals surface area (Å²) in [6.07, 6.45) is 1.54. The summed E-state index contributed by atoms with van der Waals surface area (Å²) in [6, 6.07) is 1.45. The van der Waals surface area contributed by atoms with Crippen molar-refractivity contribution in [2.24, 2.45) is 7.05 Å². The van der Waals surface area contributed by atoms with E-state index in [0.29, 0.717) is 5.02 Å². The highest BCUT2D eigenvalue weighted by Gasteiger charge is 2.24. The van der Waals surface area contributed by atoms with E-state index in [-0.39, 0.29) is 18.8 Å². The first kappa shape index (κ1) is 16.0. The predicted octanol–water partition coefficient (Wildman–Crippen LogP) is 0.467. The SMILES string of the molecule is COC(=O)CN(CC(=O)OC)C(=O)c1cc(Cl)cn1C. The number of halogens is 1. The van der Waals surface area contributed by atoms with Crippen molar-refractivity contribution in [1.29, 1.82) is 0 Å². The van der Waals surface area contributed by atoms with E-state index in [9.17, 15) is 14.4 Å². The average Bonchev–Trinajstić information content (AvgIpc) is 2.75. The molecule has 0 radical (unpaired) electrons. The fourth-order valence-electron chi connectivity index (χ4n) is 1.54. The summed E-state index contributed by atoms with van der Waals surface area (Å²) < 4.78 is 10.5. The smallest absolute Gasteiger partial charge is 0.325 e. The lowest BCUT2D eigenvalue weighted by atomic mass is 10.3. The molecule has 1 amide bonds. The zero-order valence-electron chi connectivity index (χ0n) is 11.4. The number of aryl methyl sites for hydroxylation is 1. The number of amides is 1. The van der Waals surface area contributed by atoms with Gasteiger partial charge in [0.1, 0.15) is 18.8 Å². The number of hydrogen-bond acceptors (Lipinski definition) is 5. The number of nitrogens with zero attached hydrogens (tertiary/aromatic N) is 2. The second-order valence-corrected chi connectivity index (χ2v) is 4.40. The monoisotopic (exact) mass is 302 g/mol. The predicted molar refractivity (Wildman–Crippen MR) is 70.4 cm³/mol. The Morgan fingerprint density at radius 3 is 2.05 bits per heavy atom. The fourth-order valence-corrected chi connectivity index (χ4v) is 1.79. The van der Waals surface area contributed by atoms with Gasteiger partial charge < -0.3 is 18.9 Å². The first-order chi connectivity index (χ1) is 9.38. The van der Waals surface area contributed by atoms with Crippen molar-refractivity contribution in [3.63, 3.8) is 0 Å². The number of hydrogen-bond donors (Lipinski definition) is 0. The molecule has 110 valence electrons. The molecule has 7 nitrogen and oxygen atoms in total. The third kappa shape index (κ3) is 3.99. The minimum atomic E-state index is -0.637. The Kier molecular flexibility index (Phi) is 5.57. The van der Waals surface area contributed by atoms with Gasteiger partial charge in [0.25, 0.3) is 5.91 Å². The van der Waals surface area contributed by atoms with E-state index in [0.717, 1.165) is 4.90 Å². The van der Waals surface area contributed by atoms with Gasteiger partial charge in [0.15, 0.2) is 0 Å². The van der Waals surface area contributed by atoms with Gasteiger partial charge in [-0.15, -0.1) is 0 Å². The summed E-state index contributed by atoms with van der Waals surface area (Å²) in [7, 11) is 4.03. The number of carbonyl (C=O) groups excluding carboxylic acids is 3. The summed E-state index contributed by atoms with van der Waals surface area (Å²) >= 11 is 5.81. The van der Waals surface area contributed by atoms with Gasteiger partial charge in [-0.3, -0.25) is 14.4 Å². The van der Waals surface area contributed by atoms with E-state index < -0.39 is 17.8 Å². The van der Waals surface area contributed by atoms with Crippen LogP contribution >= 0.6 is 11.6 Å². The van der Waals surface area contributed by atoms with Crippen LogP contribution in [-0.2, 0) is 26.1 Å². The maximum Gasteiger partial charge on any atom is 0.325 e. The summed E-state index contributed by atoms with van der Waals surface area (Å²) in [5.74, 6) is -1.79. The topological polar surface area (TPSA) is 77.8 Å². The second-order valence-electron chi connectivity index (χ2n) is 3.97. The van der Waals surface area contributed by atoms with Gasteiger partial charge in [-0.05, 0) is 6.07 Å². The van der Waals surface area contributed by atoms with Crippen LogP contribution in [0.4, 0.5) is 0 Å². The van der Waals surface area contributed by atoms with E-state index in [1.807, 2.05) is 0 Å². The molecule has 0 aromatic carbocycles. The van der Waals surface area contributed by atoms with Crippen LogP contribution in [-0.4, -0.2) is 54.6 Å². The molecule has 1 rings (SSSR count). The maximum atomic E-state index is 12.3. The number of aromatic nitrogens is 1. The maximum absolute atomic E-state index is 12.3. The van der Waals surface area contributed by atoms with Crippen LogP contribution in [0.1, 0.15) is 10.5 Å². The van der Waals surface area contributed by atoms with Crippen LogP contribution in [0.15, 0.2) is 12.3 Å². The molecule has 0 atom stereocenters. The van der Waals surface area contributed by atoms with E-state index in [4.69, 9.17) is 11.6 Å². The Hall–Kier alpha value is -2.02. The lowest BCUT2D eigenvalue weighted by Crippen LogP contribution is -2.40. The van der Waals surface area contributed by atoms with Gasteiger partial charge in [0.2, 0.25) is 0 Å². The molecule has 1 heterocycles. The van der Waals surface area contributed by atoms with Gasteiger partial charge >= 0.3 is 11.9 Å². The first-order valence-electron chi connectivity index (χ1n) is 5.63. The minimum absolute atomic E-state index is 0.253. The van der Waals surface area contributed by atoms with Gasteiger partial charge in [0, 0.05) is 13.2 Å². The second kappa shape index (κ2) is 6.95. The fraction of sp³-hybridized carbons (Fsp3) is 0.417. The summed E-state index contributed by atoms with van der Waals surface area (Å²) in [4.78, 5) is 36.0. The Morgan fingerprint density at radius 1 is 1.20 bits per heavy atom. The Morgan fingerprint density at radius 2 is 1.70 bits per heavy atom. The number of carbonyl (C=O) groups is 3. The normalized spacial score (nSPS) is 10.0. The molecule has 20 heavy (non-hydrogen) atoms. The van der Waals surface area contributed by atoms with E-state index in [1.54, 1.807) is 13.2 Å². The molecule has 1 aromatic heterocycles. The summed E-state index contributed by atoms with van der Waals surface area (Å²) in [5.41, 5.74) is 0.253. The summed E-state index contributed by atoms with van der Waals surface area (Å²) in [6.45, 7) is -0.708. The van der Waals surface area contributed by atoms with Crippen LogP contribution in [0, 0.1) is 0 Å². The molecule has 0 aliphatic heterocycles. The van der Waals surface area contributed by atoms with Crippen LogP contribution in [0.5, 0.6) is 0 Å². The molecule has 0 N–H and O–H groups in total. The van der Waals surface area contributed by atoms with Crippen molar-refractivity contribution in [1.82, 2.24) is 9.47 Å². The third-order valence-electron chi connectivity index (χ3n) is 2.57. The molecule has 0 fully saturated rings. The molecule has 0 bridgehead atoms. The number of rotatable bonds is 5. The van der Waals surface area contributed by atoms with Crippen molar-refractivity contribution < 1.29 is 23.9 Å². The number of ether oxygens (including phenoxy) is 2.